The Balaban J connectivity index is 1.03. The van der Waals surface area contributed by atoms with Gasteiger partial charge >= 0.3 is 0 Å². The number of fused-ring (bicyclic) bond motifs is 14. The molecule has 10 aromatic carbocycles. The van der Waals surface area contributed by atoms with Crippen molar-refractivity contribution in [3.8, 4) is 40.2 Å². The highest BCUT2D eigenvalue weighted by Gasteiger charge is 2.28. The lowest BCUT2D eigenvalue weighted by Gasteiger charge is -2.14. The number of hydrogen-bond acceptors (Lipinski definition) is 3. The van der Waals surface area contributed by atoms with Gasteiger partial charge in [-0.2, -0.15) is 9.97 Å². The van der Waals surface area contributed by atoms with Crippen molar-refractivity contribution >= 4 is 98.4 Å². The van der Waals surface area contributed by atoms with Crippen LogP contribution in [0, 0.1) is 0 Å². The van der Waals surface area contributed by atoms with Crippen LogP contribution < -0.4 is 0 Å². The molecule has 6 aromatic heterocycles. The maximum atomic E-state index is 5.73. The molecule has 0 aliphatic carbocycles. The maximum absolute atomic E-state index is 5.73. The Morgan fingerprint density at radius 2 is 0.712 bits per heavy atom. The molecule has 0 atom stereocenters. The zero-order chi connectivity index (χ0) is 47.7. The molecule has 340 valence electrons. The first-order valence-electron chi connectivity index (χ1n) is 24.7. The average molecular weight is 933 g/mol. The predicted molar refractivity (Wildman–Crippen MR) is 299 cm³/mol. The summed E-state index contributed by atoms with van der Waals surface area (Å²) in [5.74, 6) is 1.26. The van der Waals surface area contributed by atoms with Gasteiger partial charge in [0.1, 0.15) is 11.2 Å². The summed E-state index contributed by atoms with van der Waals surface area (Å²) in [6.07, 6.45) is 0. The zero-order valence-electron chi connectivity index (χ0n) is 39.2. The summed E-state index contributed by atoms with van der Waals surface area (Å²) in [6, 6.07) is 86.4. The number of nitrogens with zero attached hydrogens (tertiary/aromatic N) is 8. The van der Waals surface area contributed by atoms with Crippen LogP contribution in [0.5, 0.6) is 0 Å². The number of para-hydroxylation sites is 7. The van der Waals surface area contributed by atoms with Gasteiger partial charge in [0.2, 0.25) is 11.9 Å². The molecule has 8 nitrogen and oxygen atoms in total. The van der Waals surface area contributed by atoms with Crippen LogP contribution in [0.15, 0.2) is 243 Å². The molecular weight excluding hydrogens is 893 g/mol. The summed E-state index contributed by atoms with van der Waals surface area (Å²) in [5, 5.41) is 9.27. The number of benzene rings is 10. The molecule has 0 N–H and O–H groups in total. The minimum atomic E-state index is 0.543. The maximum Gasteiger partial charge on any atom is 0.237 e. The highest BCUT2D eigenvalue weighted by Crippen LogP contribution is 2.44. The highest BCUT2D eigenvalue weighted by atomic mass is 15.3. The second kappa shape index (κ2) is 15.2. The molecule has 0 spiro atoms. The van der Waals surface area contributed by atoms with Gasteiger partial charge in [-0.15, -0.1) is 0 Å². The first-order valence-corrected chi connectivity index (χ1v) is 24.7. The molecular formula is C65H40N8. The summed E-state index contributed by atoms with van der Waals surface area (Å²) in [4.78, 5) is 17.0. The third-order valence-corrected chi connectivity index (χ3v) is 14.9. The largest absolute Gasteiger partial charge is 0.309 e. The second-order valence-electron chi connectivity index (χ2n) is 18.8. The van der Waals surface area contributed by atoms with E-state index in [1.807, 2.05) is 0 Å². The first kappa shape index (κ1) is 39.8. The first-order chi connectivity index (χ1) is 36.3. The topological polar surface area (TPSA) is 63.3 Å². The number of imidazole rings is 1. The summed E-state index contributed by atoms with van der Waals surface area (Å²) >= 11 is 0. The molecule has 16 rings (SSSR count). The third-order valence-electron chi connectivity index (χ3n) is 14.9. The van der Waals surface area contributed by atoms with E-state index in [0.717, 1.165) is 111 Å². The van der Waals surface area contributed by atoms with E-state index in [1.54, 1.807) is 0 Å². The third kappa shape index (κ3) is 5.63. The fraction of sp³-hybridized carbons (Fsp3) is 0. The van der Waals surface area contributed by atoms with Crippen LogP contribution in [0.3, 0.4) is 0 Å². The van der Waals surface area contributed by atoms with E-state index in [9.17, 15) is 0 Å². The Bertz CT molecular complexity index is 4890. The summed E-state index contributed by atoms with van der Waals surface area (Å²) in [6.45, 7) is 0. The molecule has 0 aliphatic heterocycles. The fourth-order valence-electron chi connectivity index (χ4n) is 11.9. The molecule has 0 unspecified atom stereocenters. The Morgan fingerprint density at radius 3 is 1.32 bits per heavy atom. The Hall–Kier alpha value is -10.1. The normalized spacial score (nSPS) is 12.1. The quantitative estimate of drug-likeness (QED) is 0.167. The average Bonchev–Trinajstić information content (AvgIpc) is 4.29. The predicted octanol–water partition coefficient (Wildman–Crippen LogP) is 15.9. The van der Waals surface area contributed by atoms with Gasteiger partial charge in [0.25, 0.3) is 0 Å². The van der Waals surface area contributed by atoms with Crippen molar-refractivity contribution in [2.75, 3.05) is 0 Å². The number of hydrogen-bond donors (Lipinski definition) is 0. The molecule has 73 heavy (non-hydrogen) atoms. The van der Waals surface area contributed by atoms with Crippen molar-refractivity contribution in [3.63, 3.8) is 0 Å². The molecule has 0 saturated heterocycles. The SMILES string of the molecule is c1ccc(-c2nc(-n3c4ccccc4c4c3ccc3c5ccccc5n(-c5ccccc5)c34)nc3nc(-n4c5ccccc5c5cc6c(cc54)c4ccccc4n6-c4ccccc4)n(-c4ccccc4)c23)cc1. The number of aromatic nitrogens is 8. The number of rotatable bonds is 6. The standard InChI is InChI=1S/C65H40N8/c1-5-21-41(22-6-1)60-62-63(67-64(66-60)72-55-36-20-16-32-49(55)59-56(72)38-37-48-45-29-13-18-34-53(45)70(61(48)59)43-25-9-3-10-26-43)68-65(71(62)44-27-11-4-12-28-44)73-54-35-19-15-31-47(54)51-39-57-50(40-58(51)73)46-30-14-17-33-52(46)69(57)42-23-7-2-8-24-42/h1-40H. The zero-order valence-corrected chi connectivity index (χ0v) is 39.2. The van der Waals surface area contributed by atoms with Crippen LogP contribution in [0.1, 0.15) is 0 Å². The van der Waals surface area contributed by atoms with Gasteiger partial charge in [-0.05, 0) is 78.9 Å². The van der Waals surface area contributed by atoms with E-state index >= 15 is 0 Å². The van der Waals surface area contributed by atoms with E-state index in [4.69, 9.17) is 15.0 Å². The minimum Gasteiger partial charge on any atom is -0.309 e. The monoisotopic (exact) mass is 932 g/mol. The Morgan fingerprint density at radius 1 is 0.260 bits per heavy atom. The fourth-order valence-corrected chi connectivity index (χ4v) is 11.9. The summed E-state index contributed by atoms with van der Waals surface area (Å²) < 4.78 is 11.6. The minimum absolute atomic E-state index is 0.543. The van der Waals surface area contributed by atoms with E-state index in [-0.39, 0.29) is 0 Å². The molecule has 0 amide bonds. The Kier molecular flexibility index (Phi) is 8.29. The smallest absolute Gasteiger partial charge is 0.237 e. The van der Waals surface area contributed by atoms with E-state index < -0.39 is 0 Å². The highest BCUT2D eigenvalue weighted by molar-refractivity contribution is 6.26. The van der Waals surface area contributed by atoms with Crippen LogP contribution in [0.4, 0.5) is 0 Å². The van der Waals surface area contributed by atoms with E-state index in [0.29, 0.717) is 11.6 Å². The molecule has 0 radical (unpaired) electrons. The van der Waals surface area contributed by atoms with Gasteiger partial charge in [0.05, 0.1) is 44.1 Å². The van der Waals surface area contributed by atoms with Crippen LogP contribution in [0.25, 0.3) is 139 Å². The van der Waals surface area contributed by atoms with Crippen molar-refractivity contribution < 1.29 is 0 Å². The van der Waals surface area contributed by atoms with Gasteiger partial charge in [-0.3, -0.25) is 13.7 Å². The van der Waals surface area contributed by atoms with Crippen LogP contribution in [0.2, 0.25) is 0 Å². The lowest BCUT2D eigenvalue weighted by molar-refractivity contribution is 0.955. The summed E-state index contributed by atoms with van der Waals surface area (Å²) in [5.41, 5.74) is 15.0. The van der Waals surface area contributed by atoms with Gasteiger partial charge < -0.3 is 9.13 Å². The van der Waals surface area contributed by atoms with Crippen LogP contribution >= 0.6 is 0 Å². The second-order valence-corrected chi connectivity index (χ2v) is 18.8. The molecule has 0 aliphatic rings. The van der Waals surface area contributed by atoms with Gasteiger partial charge in [0, 0.05) is 65.7 Å². The van der Waals surface area contributed by atoms with Crippen molar-refractivity contribution in [1.29, 1.82) is 0 Å². The van der Waals surface area contributed by atoms with Crippen molar-refractivity contribution in [1.82, 2.24) is 37.8 Å². The van der Waals surface area contributed by atoms with Gasteiger partial charge in [-0.1, -0.05) is 164 Å². The molecule has 16 aromatic rings. The molecule has 6 heterocycles. The molecule has 8 heteroatoms. The van der Waals surface area contributed by atoms with Gasteiger partial charge in [-0.25, -0.2) is 4.98 Å². The molecule has 0 saturated carbocycles. The van der Waals surface area contributed by atoms with Crippen molar-refractivity contribution in [2.24, 2.45) is 0 Å². The van der Waals surface area contributed by atoms with E-state index in [2.05, 4.69) is 265 Å². The Labute approximate surface area is 417 Å². The summed E-state index contributed by atoms with van der Waals surface area (Å²) in [7, 11) is 0. The molecule has 0 fully saturated rings. The van der Waals surface area contributed by atoms with Crippen LogP contribution in [-0.2, 0) is 0 Å². The van der Waals surface area contributed by atoms with Crippen molar-refractivity contribution in [3.05, 3.63) is 243 Å². The van der Waals surface area contributed by atoms with Crippen molar-refractivity contribution in [2.45, 2.75) is 0 Å². The lowest BCUT2D eigenvalue weighted by Crippen LogP contribution is -2.07. The molecule has 0 bridgehead atoms. The van der Waals surface area contributed by atoms with Crippen LogP contribution in [-0.4, -0.2) is 37.8 Å². The van der Waals surface area contributed by atoms with Gasteiger partial charge in [0.15, 0.2) is 5.65 Å². The van der Waals surface area contributed by atoms with E-state index in [1.165, 1.54) is 16.2 Å². The lowest BCUT2D eigenvalue weighted by atomic mass is 10.1.